The molecule has 7 heteroatoms. The number of carbonyl (C=O) groups excluding carboxylic acids is 1. The van der Waals surface area contributed by atoms with Gasteiger partial charge in [-0.15, -0.1) is 11.5 Å². The largest absolute Gasteiger partial charge is 1.00 e. The molecule has 0 atom stereocenters. The number of carbonyl (C=O) groups is 1. The van der Waals surface area contributed by atoms with Crippen molar-refractivity contribution in [3.8, 4) is 0 Å². The second-order valence-corrected chi connectivity index (χ2v) is 2.94. The molecule has 15 heavy (non-hydrogen) atoms. The van der Waals surface area contributed by atoms with Gasteiger partial charge in [0.25, 0.3) is 0 Å². The fourth-order valence-corrected chi connectivity index (χ4v) is 0.938. The van der Waals surface area contributed by atoms with Gasteiger partial charge in [-0.25, -0.2) is 0 Å². The molecule has 0 spiro atoms. The van der Waals surface area contributed by atoms with Crippen molar-refractivity contribution in [2.75, 3.05) is 6.61 Å². The third-order valence-corrected chi connectivity index (χ3v) is 1.50. The number of esters is 1. The Kier molecular flexibility index (Phi) is 10.6. The minimum atomic E-state index is -4.90. The van der Waals surface area contributed by atoms with Crippen molar-refractivity contribution in [3.63, 3.8) is 0 Å². The summed E-state index contributed by atoms with van der Waals surface area (Å²) in [6.45, 7) is -1.64. The fourth-order valence-electron chi connectivity index (χ4n) is 0.938. The van der Waals surface area contributed by atoms with Gasteiger partial charge in [0.1, 0.15) is 0 Å². The van der Waals surface area contributed by atoms with Crippen LogP contribution in [0.2, 0.25) is 0 Å². The number of halogens is 3. The summed E-state index contributed by atoms with van der Waals surface area (Å²) in [5.41, 5.74) is 0.158. The Morgan fingerprint density at radius 2 is 1.87 bits per heavy atom. The normalized spacial score (nSPS) is 11.9. The van der Waals surface area contributed by atoms with E-state index in [1.165, 1.54) is 6.92 Å². The molecule has 0 amide bonds. The molecule has 0 unspecified atom stereocenters. The van der Waals surface area contributed by atoms with Crippen LogP contribution in [0.3, 0.4) is 0 Å². The average molecular weight is 248 g/mol. The molecule has 0 saturated heterocycles. The third kappa shape index (κ3) is 12.6. The Bertz CT molecular complexity index is 228. The maximum Gasteiger partial charge on any atom is 1.00 e. The minimum absolute atomic E-state index is 0. The van der Waals surface area contributed by atoms with Crippen molar-refractivity contribution >= 4 is 12.9 Å². The van der Waals surface area contributed by atoms with Crippen molar-refractivity contribution in [1.29, 1.82) is 0 Å². The van der Waals surface area contributed by atoms with E-state index < -0.39 is 12.9 Å². The van der Waals surface area contributed by atoms with Crippen LogP contribution in [0.1, 0.15) is 26.7 Å². The maximum atomic E-state index is 11.8. The number of ether oxygens (including phenoxy) is 1. The van der Waals surface area contributed by atoms with E-state index in [9.17, 15) is 17.7 Å². The predicted octanol–water partition coefficient (Wildman–Crippen LogP) is -0.333. The zero-order valence-corrected chi connectivity index (χ0v) is 12.3. The van der Waals surface area contributed by atoms with Crippen LogP contribution in [0, 0.1) is 0 Å². The Balaban J connectivity index is 0. The molecule has 0 aliphatic rings. The SMILES string of the molecule is CCOC(=O)CC/C(C)=C/[B-](F)(F)F.[K+]. The quantitative estimate of drug-likeness (QED) is 0.492. The first-order valence-corrected chi connectivity index (χ1v) is 4.39. The summed E-state index contributed by atoms with van der Waals surface area (Å²) < 4.78 is 40.1. The van der Waals surface area contributed by atoms with Gasteiger partial charge >= 0.3 is 64.3 Å². The molecule has 0 aromatic heterocycles. The van der Waals surface area contributed by atoms with E-state index in [1.54, 1.807) is 6.92 Å². The van der Waals surface area contributed by atoms with Gasteiger partial charge in [-0.2, -0.15) is 0 Å². The molecule has 0 aromatic carbocycles. The van der Waals surface area contributed by atoms with Gasteiger partial charge in [0, 0.05) is 6.42 Å². The summed E-state index contributed by atoms with van der Waals surface area (Å²) in [7, 11) is 0. The van der Waals surface area contributed by atoms with Crippen molar-refractivity contribution in [1.82, 2.24) is 0 Å². The summed E-state index contributed by atoms with van der Waals surface area (Å²) >= 11 is 0. The van der Waals surface area contributed by atoms with Crippen LogP contribution >= 0.6 is 0 Å². The molecule has 2 nitrogen and oxygen atoms in total. The Hall–Kier alpha value is 0.701. The Morgan fingerprint density at radius 1 is 1.33 bits per heavy atom. The molecular weight excluding hydrogens is 235 g/mol. The van der Waals surface area contributed by atoms with Gasteiger partial charge in [0.05, 0.1) is 6.61 Å². The van der Waals surface area contributed by atoms with Crippen LogP contribution in [0.15, 0.2) is 11.5 Å². The van der Waals surface area contributed by atoms with E-state index >= 15 is 0 Å². The molecule has 82 valence electrons. The van der Waals surface area contributed by atoms with Crippen molar-refractivity contribution < 1.29 is 73.9 Å². The van der Waals surface area contributed by atoms with Crippen LogP contribution in [0.5, 0.6) is 0 Å². The molecule has 0 saturated carbocycles. The molecule has 0 heterocycles. The Labute approximate surface area is 130 Å². The van der Waals surface area contributed by atoms with E-state index in [0.717, 1.165) is 0 Å². The first kappa shape index (κ1) is 18.1. The van der Waals surface area contributed by atoms with Gasteiger partial charge in [0.2, 0.25) is 0 Å². The number of rotatable bonds is 5. The standard InChI is InChI=1S/C8H13BF3O2.K/c1-3-14-8(13)5-4-7(2)6-9(10,11)12;/h6H,3-5H2,1-2H3;/q-1;+1/b7-6+;. The maximum absolute atomic E-state index is 11.8. The molecule has 0 rings (SSSR count). The number of hydrogen-bond acceptors (Lipinski definition) is 2. The van der Waals surface area contributed by atoms with Crippen LogP contribution in [0.4, 0.5) is 12.9 Å². The second-order valence-electron chi connectivity index (χ2n) is 2.94. The average Bonchev–Trinajstić information content (AvgIpc) is 1.98. The summed E-state index contributed by atoms with van der Waals surface area (Å²) in [4.78, 5) is 10.8. The van der Waals surface area contributed by atoms with E-state index in [0.29, 0.717) is 0 Å². The van der Waals surface area contributed by atoms with Crippen molar-refractivity contribution in [3.05, 3.63) is 11.5 Å². The van der Waals surface area contributed by atoms with Crippen LogP contribution < -0.4 is 51.4 Å². The fraction of sp³-hybridized carbons (Fsp3) is 0.625. The zero-order valence-electron chi connectivity index (χ0n) is 9.23. The van der Waals surface area contributed by atoms with Crippen molar-refractivity contribution in [2.45, 2.75) is 26.7 Å². The summed E-state index contributed by atoms with van der Waals surface area (Å²) in [5, 5.41) is 0. The van der Waals surface area contributed by atoms with E-state index in [1.807, 2.05) is 0 Å². The monoisotopic (exact) mass is 248 g/mol. The van der Waals surface area contributed by atoms with Gasteiger partial charge in [-0.05, 0) is 20.3 Å². The van der Waals surface area contributed by atoms with Gasteiger partial charge in [-0.3, -0.25) is 4.79 Å². The summed E-state index contributed by atoms with van der Waals surface area (Å²) in [6.07, 6.45) is 0.0996. The topological polar surface area (TPSA) is 26.3 Å². The molecule has 0 bridgehead atoms. The molecule has 0 aromatic rings. The summed E-state index contributed by atoms with van der Waals surface area (Å²) in [6, 6.07) is 0. The van der Waals surface area contributed by atoms with Gasteiger partial charge in [-0.1, -0.05) is 0 Å². The molecule has 0 radical (unpaired) electrons. The van der Waals surface area contributed by atoms with Gasteiger partial charge in [0.15, 0.2) is 0 Å². The van der Waals surface area contributed by atoms with E-state index in [4.69, 9.17) is 0 Å². The van der Waals surface area contributed by atoms with Gasteiger partial charge < -0.3 is 17.7 Å². The first-order valence-electron chi connectivity index (χ1n) is 4.39. The zero-order chi connectivity index (χ0) is 11.2. The second kappa shape index (κ2) is 8.81. The van der Waals surface area contributed by atoms with Crippen molar-refractivity contribution in [2.24, 2.45) is 0 Å². The first-order chi connectivity index (χ1) is 6.35. The van der Waals surface area contributed by atoms with E-state index in [-0.39, 0.29) is 82.4 Å². The van der Waals surface area contributed by atoms with Crippen LogP contribution in [-0.2, 0) is 9.53 Å². The molecule has 0 N–H and O–H groups in total. The number of allylic oxidation sites excluding steroid dienone is 1. The molecule has 0 aliphatic carbocycles. The minimum Gasteiger partial charge on any atom is -0.466 e. The van der Waals surface area contributed by atoms with E-state index in [2.05, 4.69) is 4.74 Å². The van der Waals surface area contributed by atoms with Crippen LogP contribution in [-0.4, -0.2) is 19.6 Å². The Morgan fingerprint density at radius 3 is 2.27 bits per heavy atom. The number of hydrogen-bond donors (Lipinski definition) is 0. The molecule has 0 aliphatic heterocycles. The smallest absolute Gasteiger partial charge is 0.466 e. The van der Waals surface area contributed by atoms with Crippen LogP contribution in [0.25, 0.3) is 0 Å². The third-order valence-electron chi connectivity index (χ3n) is 1.50. The predicted molar refractivity (Wildman–Crippen MR) is 48.7 cm³/mol. The summed E-state index contributed by atoms with van der Waals surface area (Å²) in [5.74, 6) is -0.200. The molecule has 0 fully saturated rings. The molecular formula is C8H13BF3KO2.